The Morgan fingerprint density at radius 1 is 1.47 bits per heavy atom. The van der Waals surface area contributed by atoms with Crippen LogP contribution in [0.5, 0.6) is 0 Å². The van der Waals surface area contributed by atoms with Gasteiger partial charge >= 0.3 is 0 Å². The highest BCUT2D eigenvalue weighted by Crippen LogP contribution is 2.17. The monoisotopic (exact) mass is 241 g/mol. The molecular formula is C13H27N3O. The Balaban J connectivity index is 2.16. The molecule has 17 heavy (non-hydrogen) atoms. The molecule has 0 saturated carbocycles. The van der Waals surface area contributed by atoms with Crippen molar-refractivity contribution in [2.24, 2.45) is 5.73 Å². The van der Waals surface area contributed by atoms with Crippen molar-refractivity contribution in [3.63, 3.8) is 0 Å². The summed E-state index contributed by atoms with van der Waals surface area (Å²) >= 11 is 0. The highest BCUT2D eigenvalue weighted by Gasteiger charge is 2.16. The lowest BCUT2D eigenvalue weighted by atomic mass is 10.1. The zero-order chi connectivity index (χ0) is 12.7. The smallest absolute Gasteiger partial charge is 0.0918 e. The lowest BCUT2D eigenvalue weighted by Gasteiger charge is -2.26. The topological polar surface area (TPSA) is 62.3 Å². The molecule has 0 aliphatic carbocycles. The Bertz CT molecular complexity index is 225. The minimum absolute atomic E-state index is 0.287. The third-order valence-corrected chi connectivity index (χ3v) is 3.39. The summed E-state index contributed by atoms with van der Waals surface area (Å²) in [5, 5.41) is 7.27. The fourth-order valence-electron chi connectivity index (χ4n) is 2.29. The zero-order valence-electron chi connectivity index (χ0n) is 11.2. The molecule has 4 heteroatoms. The quantitative estimate of drug-likeness (QED) is 0.504. The number of hydrogen-bond donors (Lipinski definition) is 2. The van der Waals surface area contributed by atoms with Gasteiger partial charge in [0.2, 0.25) is 0 Å². The van der Waals surface area contributed by atoms with Crippen molar-refractivity contribution in [3.8, 4) is 0 Å². The molecule has 1 heterocycles. The molecule has 0 spiro atoms. The average Bonchev–Trinajstić information content (AvgIpc) is 2.74. The van der Waals surface area contributed by atoms with Crippen molar-refractivity contribution in [2.75, 3.05) is 19.7 Å². The normalized spacial score (nSPS) is 20.4. The predicted octanol–water partition coefficient (Wildman–Crippen LogP) is 1.98. The van der Waals surface area contributed by atoms with Crippen LogP contribution in [0.1, 0.15) is 46.0 Å². The van der Waals surface area contributed by atoms with Gasteiger partial charge in [0.05, 0.1) is 11.9 Å². The van der Waals surface area contributed by atoms with E-state index in [-0.39, 0.29) is 5.84 Å². The number of rotatable bonds is 8. The van der Waals surface area contributed by atoms with Crippen molar-refractivity contribution in [1.29, 1.82) is 5.41 Å². The largest absolute Gasteiger partial charge is 0.388 e. The third kappa shape index (κ3) is 6.03. The van der Waals surface area contributed by atoms with Crippen LogP contribution >= 0.6 is 0 Å². The summed E-state index contributed by atoms with van der Waals surface area (Å²) in [6, 6.07) is 0.527. The van der Waals surface area contributed by atoms with Crippen molar-refractivity contribution in [3.05, 3.63) is 0 Å². The van der Waals surface area contributed by atoms with E-state index in [1.807, 2.05) is 0 Å². The molecule has 1 atom stereocenters. The van der Waals surface area contributed by atoms with Gasteiger partial charge in [0, 0.05) is 25.6 Å². The van der Waals surface area contributed by atoms with Gasteiger partial charge in [-0.15, -0.1) is 0 Å². The van der Waals surface area contributed by atoms with Crippen LogP contribution in [0.15, 0.2) is 0 Å². The molecule has 0 bridgehead atoms. The molecule has 1 rings (SSSR count). The Labute approximate surface area is 105 Å². The summed E-state index contributed by atoms with van der Waals surface area (Å²) in [4.78, 5) is 2.40. The van der Waals surface area contributed by atoms with Gasteiger partial charge in [0.1, 0.15) is 0 Å². The minimum Gasteiger partial charge on any atom is -0.388 e. The maximum absolute atomic E-state index is 7.27. The second kappa shape index (κ2) is 7.67. The number of nitrogens with one attached hydrogen (secondary N) is 1. The van der Waals surface area contributed by atoms with E-state index in [9.17, 15) is 0 Å². The van der Waals surface area contributed by atoms with E-state index < -0.39 is 0 Å². The summed E-state index contributed by atoms with van der Waals surface area (Å²) in [5.74, 6) is 0.287. The van der Waals surface area contributed by atoms with E-state index in [2.05, 4.69) is 18.7 Å². The van der Waals surface area contributed by atoms with Crippen LogP contribution in [-0.2, 0) is 4.74 Å². The summed E-state index contributed by atoms with van der Waals surface area (Å²) in [6.07, 6.45) is 5.98. The lowest BCUT2D eigenvalue weighted by Crippen LogP contribution is -2.35. The van der Waals surface area contributed by atoms with E-state index >= 15 is 0 Å². The van der Waals surface area contributed by atoms with Crippen LogP contribution in [-0.4, -0.2) is 42.6 Å². The van der Waals surface area contributed by atoms with Crippen molar-refractivity contribution in [1.82, 2.24) is 4.90 Å². The number of ether oxygens (including phenoxy) is 1. The molecule has 0 aromatic heterocycles. The highest BCUT2D eigenvalue weighted by atomic mass is 16.5. The first-order valence-electron chi connectivity index (χ1n) is 6.78. The molecule has 1 saturated heterocycles. The van der Waals surface area contributed by atoms with Crippen LogP contribution < -0.4 is 5.73 Å². The van der Waals surface area contributed by atoms with Crippen LogP contribution in [0.2, 0.25) is 0 Å². The van der Waals surface area contributed by atoms with E-state index in [1.165, 1.54) is 25.7 Å². The Kier molecular flexibility index (Phi) is 6.52. The summed E-state index contributed by atoms with van der Waals surface area (Å²) in [6.45, 7) is 7.34. The van der Waals surface area contributed by atoms with Crippen LogP contribution in [0, 0.1) is 5.41 Å². The number of hydrogen-bond acceptors (Lipinski definition) is 3. The van der Waals surface area contributed by atoms with Crippen LogP contribution in [0.4, 0.5) is 0 Å². The van der Waals surface area contributed by atoms with E-state index in [0.29, 0.717) is 18.6 Å². The molecule has 0 aromatic rings. The summed E-state index contributed by atoms with van der Waals surface area (Å²) < 4.78 is 5.62. The molecule has 1 unspecified atom stereocenters. The van der Waals surface area contributed by atoms with Crippen molar-refractivity contribution >= 4 is 5.84 Å². The molecule has 100 valence electrons. The molecular weight excluding hydrogens is 214 g/mol. The molecule has 1 aliphatic heterocycles. The van der Waals surface area contributed by atoms with Crippen LogP contribution in [0.25, 0.3) is 0 Å². The number of nitrogens with zero attached hydrogens (tertiary/aromatic N) is 1. The maximum Gasteiger partial charge on any atom is 0.0918 e. The average molecular weight is 241 g/mol. The highest BCUT2D eigenvalue weighted by molar-refractivity contribution is 5.76. The van der Waals surface area contributed by atoms with Gasteiger partial charge in [-0.1, -0.05) is 0 Å². The summed E-state index contributed by atoms with van der Waals surface area (Å²) in [5.41, 5.74) is 5.41. The van der Waals surface area contributed by atoms with Crippen molar-refractivity contribution < 1.29 is 4.74 Å². The second-order valence-corrected chi connectivity index (χ2v) is 5.18. The predicted molar refractivity (Wildman–Crippen MR) is 71.4 cm³/mol. The summed E-state index contributed by atoms with van der Waals surface area (Å²) in [7, 11) is 0. The van der Waals surface area contributed by atoms with Gasteiger partial charge in [-0.25, -0.2) is 0 Å². The molecule has 0 amide bonds. The Hall–Kier alpha value is -0.610. The first-order chi connectivity index (χ1) is 8.09. The van der Waals surface area contributed by atoms with Gasteiger partial charge in [-0.3, -0.25) is 5.41 Å². The van der Waals surface area contributed by atoms with E-state index in [0.717, 1.165) is 19.7 Å². The van der Waals surface area contributed by atoms with Crippen molar-refractivity contribution in [2.45, 2.75) is 58.1 Å². The SMILES string of the molecule is CC(C)N(CCCC1CCCO1)CCC(=N)N. The number of nitrogens with two attached hydrogens (primary N) is 1. The molecule has 3 N–H and O–H groups in total. The molecule has 4 nitrogen and oxygen atoms in total. The van der Waals surface area contributed by atoms with Gasteiger partial charge in [0.25, 0.3) is 0 Å². The van der Waals surface area contributed by atoms with Gasteiger partial charge < -0.3 is 15.4 Å². The fourth-order valence-corrected chi connectivity index (χ4v) is 2.29. The van der Waals surface area contributed by atoms with Crippen LogP contribution in [0.3, 0.4) is 0 Å². The first-order valence-corrected chi connectivity index (χ1v) is 6.78. The first kappa shape index (κ1) is 14.5. The Morgan fingerprint density at radius 3 is 2.76 bits per heavy atom. The number of amidine groups is 1. The van der Waals surface area contributed by atoms with E-state index in [1.54, 1.807) is 0 Å². The second-order valence-electron chi connectivity index (χ2n) is 5.18. The Morgan fingerprint density at radius 2 is 2.24 bits per heavy atom. The maximum atomic E-state index is 7.27. The van der Waals surface area contributed by atoms with Gasteiger partial charge in [-0.05, 0) is 46.1 Å². The molecule has 0 aromatic carbocycles. The zero-order valence-corrected chi connectivity index (χ0v) is 11.2. The van der Waals surface area contributed by atoms with Gasteiger partial charge in [-0.2, -0.15) is 0 Å². The third-order valence-electron chi connectivity index (χ3n) is 3.39. The standard InChI is InChI=1S/C13H27N3O/c1-11(2)16(9-7-13(14)15)8-3-5-12-6-4-10-17-12/h11-12H,3-10H2,1-2H3,(H3,14,15). The molecule has 1 aliphatic rings. The molecule has 1 fully saturated rings. The molecule has 0 radical (unpaired) electrons. The van der Waals surface area contributed by atoms with Gasteiger partial charge in [0.15, 0.2) is 0 Å². The minimum atomic E-state index is 0.287. The fraction of sp³-hybridized carbons (Fsp3) is 0.923. The lowest BCUT2D eigenvalue weighted by molar-refractivity contribution is 0.0971. The van der Waals surface area contributed by atoms with E-state index in [4.69, 9.17) is 15.9 Å².